The largest absolute Gasteiger partial charge is 0.298 e. The van der Waals surface area contributed by atoms with Crippen LogP contribution in [0.5, 0.6) is 0 Å². The first-order chi connectivity index (χ1) is 4.72. The number of Topliss-reactive ketones (excluding diaryl/α,β-unsaturated/α-hetero) is 1. The van der Waals surface area contributed by atoms with Crippen LogP contribution in [-0.2, 0) is 15.5 Å². The highest BCUT2D eigenvalue weighted by molar-refractivity contribution is 7.74. The minimum Gasteiger partial charge on any atom is -0.298 e. The van der Waals surface area contributed by atoms with Gasteiger partial charge in [-0.2, -0.15) is 0 Å². The van der Waals surface area contributed by atoms with Crippen molar-refractivity contribution in [3.05, 3.63) is 0 Å². The van der Waals surface area contributed by atoms with Gasteiger partial charge < -0.3 is 0 Å². The van der Waals surface area contributed by atoms with Crippen molar-refractivity contribution in [2.24, 2.45) is 0 Å². The van der Waals surface area contributed by atoms with Crippen molar-refractivity contribution in [1.29, 1.82) is 0 Å². The van der Waals surface area contributed by atoms with E-state index in [4.69, 9.17) is 0 Å². The van der Waals surface area contributed by atoms with Gasteiger partial charge in [0, 0.05) is 6.42 Å². The Balaban J connectivity index is 2.65. The zero-order valence-electron chi connectivity index (χ0n) is 5.58. The third-order valence-corrected chi connectivity index (χ3v) is 2.83. The normalized spacial score (nSPS) is 27.3. The first-order valence-electron chi connectivity index (χ1n) is 3.38. The van der Waals surface area contributed by atoms with E-state index in [-0.39, 0.29) is 5.78 Å². The van der Waals surface area contributed by atoms with Gasteiger partial charge in [-0.15, -0.1) is 0 Å². The average molecular weight is 162 g/mol. The molecule has 1 aliphatic rings. The topological polar surface area (TPSA) is 51.2 Å². The number of rotatable bonds is 1. The molecule has 0 aromatic heterocycles. The minimum absolute atomic E-state index is 0.0950. The summed E-state index contributed by atoms with van der Waals surface area (Å²) in [5.41, 5.74) is 0. The molecule has 0 aromatic rings. The molecule has 0 spiro atoms. The lowest BCUT2D eigenvalue weighted by atomic mass is 9.99. The first kappa shape index (κ1) is 7.72. The summed E-state index contributed by atoms with van der Waals surface area (Å²) in [5.74, 6) is -0.0950. The minimum atomic E-state index is -2.51. The predicted molar refractivity (Wildman–Crippen MR) is 37.6 cm³/mol. The zero-order valence-corrected chi connectivity index (χ0v) is 6.47. The fourth-order valence-electron chi connectivity index (χ4n) is 1.19. The number of carbonyl (C=O) groups is 1. The number of carbonyl (C=O) groups excluding carboxylic acids is 1. The molecule has 1 aliphatic carbocycles. The van der Waals surface area contributed by atoms with Crippen LogP contribution in [0.3, 0.4) is 0 Å². The van der Waals surface area contributed by atoms with Gasteiger partial charge in [-0.25, -0.2) is 8.42 Å². The molecule has 0 amide bonds. The first-order valence-corrected chi connectivity index (χ1v) is 4.62. The monoisotopic (exact) mass is 162 g/mol. The molecule has 0 aromatic carbocycles. The van der Waals surface area contributed by atoms with Crippen molar-refractivity contribution >= 4 is 16.5 Å². The second-order valence-electron chi connectivity index (χ2n) is 2.51. The van der Waals surface area contributed by atoms with Crippen molar-refractivity contribution in [2.75, 3.05) is 0 Å². The van der Waals surface area contributed by atoms with E-state index in [1.165, 1.54) is 0 Å². The van der Waals surface area contributed by atoms with Gasteiger partial charge in [-0.1, -0.05) is 6.42 Å². The van der Waals surface area contributed by atoms with Crippen molar-refractivity contribution in [1.82, 2.24) is 0 Å². The Hall–Kier alpha value is -0.380. The SMILES string of the molecule is O=C1CCCCC1[SH](=O)=O. The molecule has 58 valence electrons. The highest BCUT2D eigenvalue weighted by Gasteiger charge is 2.24. The van der Waals surface area contributed by atoms with Crippen LogP contribution in [0.1, 0.15) is 25.7 Å². The molecule has 1 unspecified atom stereocenters. The summed E-state index contributed by atoms with van der Waals surface area (Å²) in [5, 5.41) is -0.663. The predicted octanol–water partition coefficient (Wildman–Crippen LogP) is 0.109. The summed E-state index contributed by atoms with van der Waals surface area (Å²) >= 11 is 0. The standard InChI is InChI=1S/C6H10O3S/c7-5-3-1-2-4-6(5)10(8)9/h6,10H,1-4H2. The van der Waals surface area contributed by atoms with Crippen LogP contribution < -0.4 is 0 Å². The van der Waals surface area contributed by atoms with Crippen molar-refractivity contribution in [3.63, 3.8) is 0 Å². The summed E-state index contributed by atoms with van der Waals surface area (Å²) in [6.45, 7) is 0. The Labute approximate surface area is 61.4 Å². The van der Waals surface area contributed by atoms with Crippen LogP contribution in [0.2, 0.25) is 0 Å². The van der Waals surface area contributed by atoms with Crippen LogP contribution in [0.15, 0.2) is 0 Å². The summed E-state index contributed by atoms with van der Waals surface area (Å²) in [7, 11) is -2.51. The number of thiol groups is 1. The van der Waals surface area contributed by atoms with E-state index < -0.39 is 16.0 Å². The average Bonchev–Trinajstić information content (AvgIpc) is 1.88. The maximum absolute atomic E-state index is 10.9. The van der Waals surface area contributed by atoms with E-state index >= 15 is 0 Å². The van der Waals surface area contributed by atoms with Gasteiger partial charge >= 0.3 is 0 Å². The Morgan fingerprint density at radius 1 is 1.30 bits per heavy atom. The van der Waals surface area contributed by atoms with Crippen LogP contribution in [-0.4, -0.2) is 19.5 Å². The molecule has 1 atom stereocenters. The van der Waals surface area contributed by atoms with E-state index in [1.54, 1.807) is 0 Å². The quantitative estimate of drug-likeness (QED) is 0.557. The van der Waals surface area contributed by atoms with Gasteiger partial charge in [0.05, 0.1) is 0 Å². The zero-order chi connectivity index (χ0) is 7.56. The lowest BCUT2D eigenvalue weighted by Crippen LogP contribution is -2.25. The summed E-state index contributed by atoms with van der Waals surface area (Å²) in [6.07, 6.45) is 2.73. The molecule has 0 N–H and O–H groups in total. The summed E-state index contributed by atoms with van der Waals surface area (Å²) in [4.78, 5) is 10.9. The van der Waals surface area contributed by atoms with Crippen LogP contribution in [0, 0.1) is 0 Å². The van der Waals surface area contributed by atoms with E-state index in [0.717, 1.165) is 12.8 Å². The maximum atomic E-state index is 10.9. The van der Waals surface area contributed by atoms with Crippen molar-refractivity contribution < 1.29 is 13.2 Å². The summed E-state index contributed by atoms with van der Waals surface area (Å²) < 4.78 is 20.8. The van der Waals surface area contributed by atoms with Gasteiger partial charge in [-0.05, 0) is 12.8 Å². The van der Waals surface area contributed by atoms with Crippen molar-refractivity contribution in [2.45, 2.75) is 30.9 Å². The van der Waals surface area contributed by atoms with Gasteiger partial charge in [-0.3, -0.25) is 4.79 Å². The van der Waals surface area contributed by atoms with Gasteiger partial charge in [0.2, 0.25) is 0 Å². The van der Waals surface area contributed by atoms with Crippen LogP contribution >= 0.6 is 0 Å². The highest BCUT2D eigenvalue weighted by atomic mass is 32.2. The Morgan fingerprint density at radius 3 is 2.40 bits per heavy atom. The number of ketones is 1. The second kappa shape index (κ2) is 3.14. The Bertz CT molecular complexity index is 199. The molecule has 0 radical (unpaired) electrons. The third kappa shape index (κ3) is 1.56. The van der Waals surface area contributed by atoms with E-state index in [0.29, 0.717) is 12.8 Å². The molecule has 3 nitrogen and oxygen atoms in total. The Kier molecular flexibility index (Phi) is 2.43. The molecule has 1 rings (SSSR count). The molecule has 1 saturated carbocycles. The van der Waals surface area contributed by atoms with Crippen LogP contribution in [0.4, 0.5) is 0 Å². The molecular formula is C6H10O3S. The summed E-state index contributed by atoms with van der Waals surface area (Å²) in [6, 6.07) is 0. The van der Waals surface area contributed by atoms with E-state index in [1.807, 2.05) is 0 Å². The molecule has 4 heteroatoms. The molecule has 0 bridgehead atoms. The molecule has 1 fully saturated rings. The van der Waals surface area contributed by atoms with E-state index in [2.05, 4.69) is 0 Å². The molecule has 0 heterocycles. The van der Waals surface area contributed by atoms with E-state index in [9.17, 15) is 13.2 Å². The molecule has 0 saturated heterocycles. The lowest BCUT2D eigenvalue weighted by molar-refractivity contribution is -0.119. The molecule has 10 heavy (non-hydrogen) atoms. The molecule has 0 aliphatic heterocycles. The highest BCUT2D eigenvalue weighted by Crippen LogP contribution is 2.16. The van der Waals surface area contributed by atoms with Gasteiger partial charge in [0.25, 0.3) is 0 Å². The van der Waals surface area contributed by atoms with Gasteiger partial charge in [0.1, 0.15) is 16.0 Å². The molecular weight excluding hydrogens is 152 g/mol. The number of hydrogen-bond donors (Lipinski definition) is 1. The second-order valence-corrected chi connectivity index (χ2v) is 3.71. The Morgan fingerprint density at radius 2 is 2.00 bits per heavy atom. The maximum Gasteiger partial charge on any atom is 0.150 e. The van der Waals surface area contributed by atoms with Crippen molar-refractivity contribution in [3.8, 4) is 0 Å². The van der Waals surface area contributed by atoms with Crippen LogP contribution in [0.25, 0.3) is 0 Å². The fourth-order valence-corrected chi connectivity index (χ4v) is 1.95. The number of hydrogen-bond acceptors (Lipinski definition) is 3. The smallest absolute Gasteiger partial charge is 0.150 e. The fraction of sp³-hybridized carbons (Fsp3) is 0.833. The lowest BCUT2D eigenvalue weighted by Gasteiger charge is -2.13. The third-order valence-electron chi connectivity index (χ3n) is 1.78. The van der Waals surface area contributed by atoms with Gasteiger partial charge in [0.15, 0.2) is 5.78 Å².